The van der Waals surface area contributed by atoms with Crippen molar-refractivity contribution in [3.8, 4) is 0 Å². The number of fused-ring (bicyclic) bond motifs is 1. The van der Waals surface area contributed by atoms with E-state index in [9.17, 15) is 4.57 Å². The molecular formula is C11H15N2O5PS3. The van der Waals surface area contributed by atoms with Crippen molar-refractivity contribution in [3.63, 3.8) is 0 Å². The Hall–Kier alpha value is -0.160. The predicted molar refractivity (Wildman–Crippen MR) is 89.0 cm³/mol. The topological polar surface area (TPSA) is 101 Å². The van der Waals surface area contributed by atoms with E-state index in [0.29, 0.717) is 6.42 Å². The van der Waals surface area contributed by atoms with E-state index >= 15 is 0 Å². The van der Waals surface area contributed by atoms with Gasteiger partial charge in [-0.1, -0.05) is 11.8 Å². The molecule has 0 bridgehead atoms. The molecule has 7 nitrogen and oxygen atoms in total. The van der Waals surface area contributed by atoms with Gasteiger partial charge in [-0.3, -0.25) is 4.57 Å². The Morgan fingerprint density at radius 3 is 3.00 bits per heavy atom. The van der Waals surface area contributed by atoms with Crippen molar-refractivity contribution >= 4 is 53.0 Å². The summed E-state index contributed by atoms with van der Waals surface area (Å²) in [4.78, 5) is 27.4. The first-order valence-corrected chi connectivity index (χ1v) is 10.8. The maximum atomic E-state index is 10.6. The van der Waals surface area contributed by atoms with Gasteiger partial charge >= 0.3 is 7.60 Å². The molecule has 3 N–H and O–H groups in total. The first kappa shape index (κ1) is 18.2. The molecule has 0 saturated carbocycles. The summed E-state index contributed by atoms with van der Waals surface area (Å²) in [6.07, 6.45) is 2.10. The highest BCUT2D eigenvalue weighted by Gasteiger charge is 2.11. The van der Waals surface area contributed by atoms with Gasteiger partial charge in [-0.2, -0.15) is 5.48 Å². The number of thiazole rings is 1. The fraction of sp³-hybridized carbons (Fsp3) is 0.364. The minimum Gasteiger partial charge on any atom is -0.324 e. The van der Waals surface area contributed by atoms with Gasteiger partial charge in [0.2, 0.25) is 0 Å². The van der Waals surface area contributed by atoms with Crippen LogP contribution in [0.5, 0.6) is 0 Å². The van der Waals surface area contributed by atoms with Gasteiger partial charge in [-0.05, 0) is 30.9 Å². The molecule has 0 aliphatic heterocycles. The highest BCUT2D eigenvalue weighted by molar-refractivity contribution is 8.00. The number of aromatic nitrogens is 1. The standard InChI is InChI=1S/C11H15N2O5PS3/c1-20-11-13-9-7-8(3-4-10(9)21-11)22-18-17-12-5-2-6-19(14,15)16/h3-4,7,12H,2,5-6H2,1H3,(H2,14,15,16). The van der Waals surface area contributed by atoms with Gasteiger partial charge < -0.3 is 9.79 Å². The zero-order chi connectivity index (χ0) is 16.0. The van der Waals surface area contributed by atoms with Crippen molar-refractivity contribution in [1.29, 1.82) is 0 Å². The fourth-order valence-corrected chi connectivity index (χ4v) is 3.99. The van der Waals surface area contributed by atoms with E-state index in [0.717, 1.165) is 31.5 Å². The van der Waals surface area contributed by atoms with Crippen molar-refractivity contribution in [2.75, 3.05) is 19.0 Å². The van der Waals surface area contributed by atoms with Crippen LogP contribution in [0.25, 0.3) is 10.2 Å². The number of benzene rings is 1. The second-order valence-electron chi connectivity index (χ2n) is 4.18. The van der Waals surface area contributed by atoms with Crippen molar-refractivity contribution < 1.29 is 23.7 Å². The SMILES string of the molecule is CSc1nc2cc(SOONCCCP(=O)(O)O)ccc2s1. The highest BCUT2D eigenvalue weighted by atomic mass is 32.2. The van der Waals surface area contributed by atoms with Crippen molar-refractivity contribution in [2.24, 2.45) is 0 Å². The summed E-state index contributed by atoms with van der Waals surface area (Å²) >= 11 is 4.29. The maximum Gasteiger partial charge on any atom is 0.325 e. The lowest BCUT2D eigenvalue weighted by Gasteiger charge is -2.05. The van der Waals surface area contributed by atoms with Crippen LogP contribution in [0.15, 0.2) is 27.4 Å². The van der Waals surface area contributed by atoms with E-state index in [1.807, 2.05) is 24.5 Å². The predicted octanol–water partition coefficient (Wildman–Crippen LogP) is 3.05. The minimum absolute atomic E-state index is 0.186. The summed E-state index contributed by atoms with van der Waals surface area (Å²) < 4.78 is 17.7. The molecule has 0 radical (unpaired) electrons. The van der Waals surface area contributed by atoms with Gasteiger partial charge in [0.15, 0.2) is 4.34 Å². The molecule has 0 fully saturated rings. The van der Waals surface area contributed by atoms with Crippen LogP contribution in [-0.4, -0.2) is 33.7 Å². The van der Waals surface area contributed by atoms with E-state index in [1.54, 1.807) is 23.1 Å². The van der Waals surface area contributed by atoms with Gasteiger partial charge in [0.05, 0.1) is 28.4 Å². The quantitative estimate of drug-likeness (QED) is 0.151. The van der Waals surface area contributed by atoms with Gasteiger partial charge in [-0.25, -0.2) is 4.98 Å². The van der Waals surface area contributed by atoms with Crippen LogP contribution in [0, 0.1) is 0 Å². The summed E-state index contributed by atoms with van der Waals surface area (Å²) in [6, 6.07) is 5.80. The molecule has 1 heterocycles. The number of thioether (sulfide) groups is 1. The van der Waals surface area contributed by atoms with Crippen LogP contribution in [0.3, 0.4) is 0 Å². The number of hydrogen-bond acceptors (Lipinski definition) is 8. The molecule has 11 heteroatoms. The molecule has 0 amide bonds. The Kier molecular flexibility index (Phi) is 7.13. The monoisotopic (exact) mass is 382 g/mol. The summed E-state index contributed by atoms with van der Waals surface area (Å²) in [7, 11) is -3.94. The molecule has 2 rings (SSSR count). The molecule has 0 aliphatic rings. The summed E-state index contributed by atoms with van der Waals surface area (Å²) in [5.74, 6) is 0. The molecular weight excluding hydrogens is 367 g/mol. The number of rotatable bonds is 9. The molecule has 0 atom stereocenters. The van der Waals surface area contributed by atoms with Crippen LogP contribution in [-0.2, 0) is 13.9 Å². The lowest BCUT2D eigenvalue weighted by Crippen LogP contribution is -2.15. The molecule has 22 heavy (non-hydrogen) atoms. The lowest BCUT2D eigenvalue weighted by atomic mass is 10.3. The summed E-state index contributed by atoms with van der Waals surface area (Å²) in [5, 5.41) is 0. The van der Waals surface area contributed by atoms with Crippen LogP contribution in [0.4, 0.5) is 0 Å². The maximum absolute atomic E-state index is 10.6. The average molecular weight is 382 g/mol. The van der Waals surface area contributed by atoms with E-state index in [1.165, 1.54) is 0 Å². The number of nitrogens with one attached hydrogen (secondary N) is 1. The summed E-state index contributed by atoms with van der Waals surface area (Å²) in [6.45, 7) is 0.286. The van der Waals surface area contributed by atoms with E-state index < -0.39 is 7.60 Å². The third-order valence-electron chi connectivity index (χ3n) is 2.47. The smallest absolute Gasteiger partial charge is 0.324 e. The largest absolute Gasteiger partial charge is 0.325 e. The van der Waals surface area contributed by atoms with Gasteiger partial charge in [0.1, 0.15) is 0 Å². The Morgan fingerprint density at radius 2 is 2.27 bits per heavy atom. The molecule has 0 aliphatic carbocycles. The van der Waals surface area contributed by atoms with Crippen molar-refractivity contribution in [2.45, 2.75) is 15.7 Å². The lowest BCUT2D eigenvalue weighted by molar-refractivity contribution is -0.244. The molecule has 0 saturated heterocycles. The van der Waals surface area contributed by atoms with E-state index in [-0.39, 0.29) is 12.7 Å². The Bertz CT molecular complexity index is 662. The zero-order valence-electron chi connectivity index (χ0n) is 11.6. The van der Waals surface area contributed by atoms with Crippen LogP contribution in [0.1, 0.15) is 6.42 Å². The Morgan fingerprint density at radius 1 is 1.45 bits per heavy atom. The minimum atomic E-state index is -3.94. The normalized spacial score (nSPS) is 12.1. The number of hydroxylamine groups is 1. The first-order valence-electron chi connectivity index (χ1n) is 6.20. The number of nitrogens with zero attached hydrogens (tertiary/aromatic N) is 1. The van der Waals surface area contributed by atoms with Crippen molar-refractivity contribution in [3.05, 3.63) is 18.2 Å². The van der Waals surface area contributed by atoms with Crippen molar-refractivity contribution in [1.82, 2.24) is 10.5 Å². The average Bonchev–Trinajstić information content (AvgIpc) is 2.87. The third kappa shape index (κ3) is 6.15. The fourth-order valence-electron chi connectivity index (χ4n) is 1.50. The summed E-state index contributed by atoms with van der Waals surface area (Å²) in [5.41, 5.74) is 3.39. The van der Waals surface area contributed by atoms with Gasteiger partial charge in [0, 0.05) is 11.4 Å². The molecule has 0 unspecified atom stereocenters. The second kappa shape index (κ2) is 8.62. The van der Waals surface area contributed by atoms with Gasteiger partial charge in [0.25, 0.3) is 0 Å². The van der Waals surface area contributed by atoms with Crippen LogP contribution < -0.4 is 5.48 Å². The zero-order valence-corrected chi connectivity index (χ0v) is 14.9. The van der Waals surface area contributed by atoms with Gasteiger partial charge in [-0.15, -0.1) is 20.7 Å². The van der Waals surface area contributed by atoms with Crippen LogP contribution in [0.2, 0.25) is 0 Å². The van der Waals surface area contributed by atoms with E-state index in [4.69, 9.17) is 19.1 Å². The molecule has 1 aromatic heterocycles. The first-order chi connectivity index (χ1) is 10.5. The Labute approximate surface area is 140 Å². The molecule has 2 aromatic rings. The molecule has 0 spiro atoms. The highest BCUT2D eigenvalue weighted by Crippen LogP contribution is 2.34. The Balaban J connectivity index is 1.70. The third-order valence-corrected chi connectivity index (χ3v) is 5.97. The molecule has 122 valence electrons. The number of hydrogen-bond donors (Lipinski definition) is 3. The molecule has 1 aromatic carbocycles. The second-order valence-corrected chi connectivity index (χ2v) is 8.82. The van der Waals surface area contributed by atoms with E-state index in [2.05, 4.69) is 10.5 Å². The van der Waals surface area contributed by atoms with Crippen LogP contribution >= 0.6 is 42.7 Å².